The molecule has 1 amide bonds. The molecule has 2 rings (SSSR count). The summed E-state index contributed by atoms with van der Waals surface area (Å²) in [6.45, 7) is 0.600. The third kappa shape index (κ3) is 1.11. The summed E-state index contributed by atoms with van der Waals surface area (Å²) in [5, 5.41) is 5.72. The van der Waals surface area contributed by atoms with Crippen LogP contribution in [0.2, 0.25) is 0 Å². The first-order valence-corrected chi connectivity index (χ1v) is 4.10. The van der Waals surface area contributed by atoms with Crippen LogP contribution >= 0.6 is 0 Å². The predicted molar refractivity (Wildman–Crippen MR) is 51.6 cm³/mol. The van der Waals surface area contributed by atoms with Gasteiger partial charge in [-0.2, -0.15) is 0 Å². The second-order valence-corrected chi connectivity index (χ2v) is 3.03. The van der Waals surface area contributed by atoms with Crippen LogP contribution in [0.5, 0.6) is 0 Å². The largest absolute Gasteiger partial charge is 0.397 e. The van der Waals surface area contributed by atoms with E-state index in [1.807, 2.05) is 13.1 Å². The van der Waals surface area contributed by atoms with Crippen LogP contribution in [-0.2, 0) is 6.54 Å². The maximum absolute atomic E-state index is 11.2. The smallest absolute Gasteiger partial charge is 0.251 e. The van der Waals surface area contributed by atoms with E-state index in [4.69, 9.17) is 5.73 Å². The van der Waals surface area contributed by atoms with E-state index in [0.717, 1.165) is 11.3 Å². The SMILES string of the molecule is CNc1cc2c(cc1N)C(=O)NC2. The summed E-state index contributed by atoms with van der Waals surface area (Å²) in [7, 11) is 1.81. The number of nitrogen functional groups attached to an aromatic ring is 1. The number of carbonyl (C=O) groups excluding carboxylic acids is 1. The van der Waals surface area contributed by atoms with Crippen LogP contribution in [0.1, 0.15) is 15.9 Å². The van der Waals surface area contributed by atoms with Crippen molar-refractivity contribution in [1.82, 2.24) is 5.32 Å². The van der Waals surface area contributed by atoms with E-state index >= 15 is 0 Å². The molecule has 0 unspecified atom stereocenters. The van der Waals surface area contributed by atoms with Crippen molar-refractivity contribution in [3.8, 4) is 0 Å². The molecule has 1 aliphatic rings. The Morgan fingerprint density at radius 1 is 1.54 bits per heavy atom. The summed E-state index contributed by atoms with van der Waals surface area (Å²) in [4.78, 5) is 11.2. The molecule has 0 aliphatic carbocycles. The fourth-order valence-corrected chi connectivity index (χ4v) is 1.51. The molecule has 0 saturated carbocycles. The monoisotopic (exact) mass is 177 g/mol. The molecule has 68 valence electrons. The third-order valence-corrected chi connectivity index (χ3v) is 2.23. The Morgan fingerprint density at radius 3 is 3.00 bits per heavy atom. The highest BCUT2D eigenvalue weighted by molar-refractivity contribution is 6.00. The average Bonchev–Trinajstić information content (AvgIpc) is 2.47. The molecule has 1 aromatic rings. The summed E-state index contributed by atoms with van der Waals surface area (Å²) < 4.78 is 0. The lowest BCUT2D eigenvalue weighted by atomic mass is 10.1. The highest BCUT2D eigenvalue weighted by Gasteiger charge is 2.19. The van der Waals surface area contributed by atoms with Crippen molar-refractivity contribution in [2.75, 3.05) is 18.1 Å². The molecule has 1 heterocycles. The van der Waals surface area contributed by atoms with E-state index < -0.39 is 0 Å². The van der Waals surface area contributed by atoms with Crippen molar-refractivity contribution in [3.05, 3.63) is 23.3 Å². The maximum atomic E-state index is 11.2. The van der Waals surface area contributed by atoms with Crippen molar-refractivity contribution in [3.63, 3.8) is 0 Å². The minimum absolute atomic E-state index is 0.0376. The number of carbonyl (C=O) groups is 1. The lowest BCUT2D eigenvalue weighted by molar-refractivity contribution is 0.0966. The van der Waals surface area contributed by atoms with Crippen LogP contribution in [0.25, 0.3) is 0 Å². The molecule has 0 atom stereocenters. The normalized spacial score (nSPS) is 13.8. The van der Waals surface area contributed by atoms with Gasteiger partial charge >= 0.3 is 0 Å². The maximum Gasteiger partial charge on any atom is 0.251 e. The standard InChI is InChI=1S/C9H11N3O/c1-11-8-2-5-4-12-9(13)6(5)3-7(8)10/h2-3,11H,4,10H2,1H3,(H,12,13). The Bertz CT molecular complexity index is 373. The fraction of sp³-hybridized carbons (Fsp3) is 0.222. The predicted octanol–water partition coefficient (Wildman–Crippen LogP) is 0.554. The minimum Gasteiger partial charge on any atom is -0.397 e. The van der Waals surface area contributed by atoms with E-state index in [1.54, 1.807) is 6.07 Å². The van der Waals surface area contributed by atoms with E-state index in [0.29, 0.717) is 17.8 Å². The number of nitrogens with two attached hydrogens (primary N) is 1. The summed E-state index contributed by atoms with van der Waals surface area (Å²) in [5.74, 6) is -0.0376. The molecule has 0 saturated heterocycles. The molecule has 0 aromatic heterocycles. The Morgan fingerprint density at radius 2 is 2.31 bits per heavy atom. The van der Waals surface area contributed by atoms with Crippen molar-refractivity contribution in [2.24, 2.45) is 0 Å². The highest BCUT2D eigenvalue weighted by Crippen LogP contribution is 2.25. The van der Waals surface area contributed by atoms with Crippen LogP contribution in [0.15, 0.2) is 12.1 Å². The van der Waals surface area contributed by atoms with Gasteiger partial charge in [-0.15, -0.1) is 0 Å². The number of rotatable bonds is 1. The molecule has 1 aromatic carbocycles. The Kier molecular flexibility index (Phi) is 1.62. The Balaban J connectivity index is 2.56. The van der Waals surface area contributed by atoms with Gasteiger partial charge in [-0.05, 0) is 17.7 Å². The van der Waals surface area contributed by atoms with E-state index in [2.05, 4.69) is 10.6 Å². The molecule has 13 heavy (non-hydrogen) atoms. The Labute approximate surface area is 76.1 Å². The zero-order valence-corrected chi connectivity index (χ0v) is 7.35. The van der Waals surface area contributed by atoms with Gasteiger partial charge in [0.25, 0.3) is 5.91 Å². The zero-order chi connectivity index (χ0) is 9.42. The summed E-state index contributed by atoms with van der Waals surface area (Å²) in [6, 6.07) is 3.62. The molecule has 0 bridgehead atoms. The third-order valence-electron chi connectivity index (χ3n) is 2.23. The highest BCUT2D eigenvalue weighted by atomic mass is 16.1. The van der Waals surface area contributed by atoms with E-state index in [9.17, 15) is 4.79 Å². The molecule has 4 N–H and O–H groups in total. The van der Waals surface area contributed by atoms with E-state index in [-0.39, 0.29) is 5.91 Å². The van der Waals surface area contributed by atoms with Gasteiger partial charge < -0.3 is 16.4 Å². The number of nitrogens with one attached hydrogen (secondary N) is 2. The molecular formula is C9H11N3O. The first kappa shape index (κ1) is 7.91. The number of benzene rings is 1. The average molecular weight is 177 g/mol. The molecule has 1 aliphatic heterocycles. The van der Waals surface area contributed by atoms with Crippen LogP contribution in [0.3, 0.4) is 0 Å². The molecular weight excluding hydrogens is 166 g/mol. The number of anilines is 2. The van der Waals surface area contributed by atoms with Crippen LogP contribution < -0.4 is 16.4 Å². The summed E-state index contributed by atoms with van der Waals surface area (Å²) in [6.07, 6.45) is 0. The fourth-order valence-electron chi connectivity index (χ4n) is 1.51. The molecule has 0 fully saturated rings. The molecule has 0 radical (unpaired) electrons. The van der Waals surface area contributed by atoms with Gasteiger partial charge in [0.1, 0.15) is 0 Å². The summed E-state index contributed by atoms with van der Waals surface area (Å²) in [5.41, 5.74) is 8.90. The van der Waals surface area contributed by atoms with Gasteiger partial charge in [0.05, 0.1) is 11.4 Å². The number of amides is 1. The lowest BCUT2D eigenvalue weighted by Gasteiger charge is -2.06. The second kappa shape index (κ2) is 2.65. The van der Waals surface area contributed by atoms with Crippen molar-refractivity contribution >= 4 is 17.3 Å². The molecule has 0 spiro atoms. The van der Waals surface area contributed by atoms with Crippen molar-refractivity contribution < 1.29 is 4.79 Å². The summed E-state index contributed by atoms with van der Waals surface area (Å²) >= 11 is 0. The zero-order valence-electron chi connectivity index (χ0n) is 7.35. The van der Waals surface area contributed by atoms with Gasteiger partial charge in [0, 0.05) is 19.2 Å². The molecule has 4 nitrogen and oxygen atoms in total. The van der Waals surface area contributed by atoms with Crippen LogP contribution in [-0.4, -0.2) is 13.0 Å². The van der Waals surface area contributed by atoms with Gasteiger partial charge in [-0.3, -0.25) is 4.79 Å². The molecule has 4 heteroatoms. The lowest BCUT2D eigenvalue weighted by Crippen LogP contribution is -2.12. The second-order valence-electron chi connectivity index (χ2n) is 3.03. The van der Waals surface area contributed by atoms with Crippen molar-refractivity contribution in [2.45, 2.75) is 6.54 Å². The van der Waals surface area contributed by atoms with Crippen molar-refractivity contribution in [1.29, 1.82) is 0 Å². The first-order valence-electron chi connectivity index (χ1n) is 4.10. The van der Waals surface area contributed by atoms with Gasteiger partial charge in [0.2, 0.25) is 0 Å². The Hall–Kier alpha value is -1.71. The first-order chi connectivity index (χ1) is 6.22. The quantitative estimate of drug-likeness (QED) is 0.549. The van der Waals surface area contributed by atoms with Crippen LogP contribution in [0, 0.1) is 0 Å². The van der Waals surface area contributed by atoms with E-state index in [1.165, 1.54) is 0 Å². The number of hydrogen-bond acceptors (Lipinski definition) is 3. The van der Waals surface area contributed by atoms with Gasteiger partial charge in [-0.1, -0.05) is 0 Å². The van der Waals surface area contributed by atoms with Gasteiger partial charge in [0.15, 0.2) is 0 Å². The topological polar surface area (TPSA) is 67.1 Å². The van der Waals surface area contributed by atoms with Gasteiger partial charge in [-0.25, -0.2) is 0 Å². The minimum atomic E-state index is -0.0376. The number of hydrogen-bond donors (Lipinski definition) is 3. The number of fused-ring (bicyclic) bond motifs is 1. The van der Waals surface area contributed by atoms with Crippen LogP contribution in [0.4, 0.5) is 11.4 Å².